The maximum absolute atomic E-state index is 12.6. The summed E-state index contributed by atoms with van der Waals surface area (Å²) in [5.74, 6) is -0.167. The van der Waals surface area contributed by atoms with E-state index in [0.717, 1.165) is 0 Å². The highest BCUT2D eigenvalue weighted by molar-refractivity contribution is 5.96. The predicted molar refractivity (Wildman–Crippen MR) is 97.1 cm³/mol. The molecule has 24 heavy (non-hydrogen) atoms. The fourth-order valence-electron chi connectivity index (χ4n) is 3.06. The molecule has 1 aromatic heterocycles. The minimum Gasteiger partial charge on any atom is -0.334 e. The number of aromatic nitrogens is 1. The lowest BCUT2D eigenvalue weighted by atomic mass is 10.1. The molecule has 5 nitrogen and oxygen atoms in total. The molecule has 0 aliphatic rings. The van der Waals surface area contributed by atoms with Crippen molar-refractivity contribution in [1.29, 1.82) is 0 Å². The van der Waals surface area contributed by atoms with E-state index in [2.05, 4.69) is 4.98 Å². The third kappa shape index (κ3) is 4.56. The SMILES string of the molecule is CC(C)N(C(=O)c1ccc(C(=O)N(C(C)C)C(C)C)nc1)C(C)C. The number of hydrogen-bond acceptors (Lipinski definition) is 3. The standard InChI is InChI=1S/C19H31N3O2/c1-12(2)21(13(3)4)18(23)16-9-10-17(20-11-16)19(24)22(14(5)6)15(7)8/h9-15H,1-8H3. The van der Waals surface area contributed by atoms with Gasteiger partial charge in [-0.15, -0.1) is 0 Å². The first-order chi connectivity index (χ1) is 11.1. The Bertz CT molecular complexity index is 495. The molecule has 0 radical (unpaired) electrons. The first kappa shape index (κ1) is 20.1. The molecule has 0 aliphatic carbocycles. The topological polar surface area (TPSA) is 53.5 Å². The zero-order valence-corrected chi connectivity index (χ0v) is 16.2. The van der Waals surface area contributed by atoms with E-state index in [4.69, 9.17) is 0 Å². The Morgan fingerprint density at radius 1 is 0.750 bits per heavy atom. The van der Waals surface area contributed by atoms with Gasteiger partial charge < -0.3 is 9.80 Å². The zero-order chi connectivity index (χ0) is 18.6. The van der Waals surface area contributed by atoms with Crippen LogP contribution in [0.15, 0.2) is 18.3 Å². The van der Waals surface area contributed by atoms with Crippen LogP contribution < -0.4 is 0 Å². The van der Waals surface area contributed by atoms with Crippen molar-refractivity contribution in [2.75, 3.05) is 0 Å². The summed E-state index contributed by atoms with van der Waals surface area (Å²) >= 11 is 0. The average Bonchev–Trinajstić information content (AvgIpc) is 2.45. The Kier molecular flexibility index (Phi) is 6.93. The summed E-state index contributed by atoms with van der Waals surface area (Å²) in [4.78, 5) is 33.1. The average molecular weight is 333 g/mol. The molecule has 0 N–H and O–H groups in total. The van der Waals surface area contributed by atoms with E-state index in [1.807, 2.05) is 60.3 Å². The van der Waals surface area contributed by atoms with Crippen LogP contribution in [0, 0.1) is 0 Å². The first-order valence-electron chi connectivity index (χ1n) is 8.69. The Morgan fingerprint density at radius 3 is 1.50 bits per heavy atom. The van der Waals surface area contributed by atoms with Crippen LogP contribution >= 0.6 is 0 Å². The lowest BCUT2D eigenvalue weighted by molar-refractivity contribution is 0.0624. The van der Waals surface area contributed by atoms with Crippen molar-refractivity contribution in [2.45, 2.75) is 79.6 Å². The monoisotopic (exact) mass is 333 g/mol. The lowest BCUT2D eigenvalue weighted by Crippen LogP contribution is -2.43. The lowest BCUT2D eigenvalue weighted by Gasteiger charge is -2.31. The van der Waals surface area contributed by atoms with E-state index >= 15 is 0 Å². The Morgan fingerprint density at radius 2 is 1.17 bits per heavy atom. The van der Waals surface area contributed by atoms with Crippen molar-refractivity contribution in [3.8, 4) is 0 Å². The summed E-state index contributed by atoms with van der Waals surface area (Å²) in [6, 6.07) is 3.74. The van der Waals surface area contributed by atoms with Crippen LogP contribution in [0.2, 0.25) is 0 Å². The summed E-state index contributed by atoms with van der Waals surface area (Å²) in [7, 11) is 0. The van der Waals surface area contributed by atoms with Crippen LogP contribution in [0.5, 0.6) is 0 Å². The minimum absolute atomic E-state index is 0.0592. The molecule has 0 bridgehead atoms. The third-order valence-electron chi connectivity index (χ3n) is 3.92. The van der Waals surface area contributed by atoms with Crippen molar-refractivity contribution in [3.63, 3.8) is 0 Å². The van der Waals surface area contributed by atoms with Crippen molar-refractivity contribution in [2.24, 2.45) is 0 Å². The number of rotatable bonds is 6. The number of hydrogen-bond donors (Lipinski definition) is 0. The van der Waals surface area contributed by atoms with Gasteiger partial charge in [-0.05, 0) is 67.5 Å². The normalized spacial score (nSPS) is 11.5. The Balaban J connectivity index is 3.04. The van der Waals surface area contributed by atoms with Gasteiger partial charge >= 0.3 is 0 Å². The second-order valence-corrected chi connectivity index (χ2v) is 7.23. The summed E-state index contributed by atoms with van der Waals surface area (Å²) < 4.78 is 0. The maximum atomic E-state index is 12.6. The second-order valence-electron chi connectivity index (χ2n) is 7.23. The van der Waals surface area contributed by atoms with Crippen molar-refractivity contribution in [1.82, 2.24) is 14.8 Å². The van der Waals surface area contributed by atoms with E-state index in [1.54, 1.807) is 17.0 Å². The molecule has 5 heteroatoms. The van der Waals surface area contributed by atoms with Gasteiger partial charge in [-0.3, -0.25) is 14.6 Å². The van der Waals surface area contributed by atoms with Crippen LogP contribution in [-0.4, -0.2) is 50.8 Å². The molecule has 134 valence electrons. The predicted octanol–water partition coefficient (Wildman–Crippen LogP) is 3.60. The summed E-state index contributed by atoms with van der Waals surface area (Å²) in [5.41, 5.74) is 0.879. The molecule has 0 saturated heterocycles. The van der Waals surface area contributed by atoms with Gasteiger partial charge in [-0.25, -0.2) is 0 Å². The molecule has 0 aliphatic heterocycles. The number of nitrogens with zero attached hydrogens (tertiary/aromatic N) is 3. The van der Waals surface area contributed by atoms with E-state index in [0.29, 0.717) is 11.3 Å². The molecule has 0 saturated carbocycles. The number of pyridine rings is 1. The van der Waals surface area contributed by atoms with Gasteiger partial charge in [-0.2, -0.15) is 0 Å². The fourth-order valence-corrected chi connectivity index (χ4v) is 3.06. The highest BCUT2D eigenvalue weighted by Gasteiger charge is 2.24. The molecule has 1 aromatic rings. The minimum atomic E-state index is -0.108. The van der Waals surface area contributed by atoms with Crippen molar-refractivity contribution >= 4 is 11.8 Å². The maximum Gasteiger partial charge on any atom is 0.272 e. The number of amides is 2. The van der Waals surface area contributed by atoms with Gasteiger partial charge in [0.25, 0.3) is 11.8 Å². The third-order valence-corrected chi connectivity index (χ3v) is 3.92. The molecule has 1 rings (SSSR count). The largest absolute Gasteiger partial charge is 0.334 e. The van der Waals surface area contributed by atoms with Crippen molar-refractivity contribution in [3.05, 3.63) is 29.6 Å². The zero-order valence-electron chi connectivity index (χ0n) is 16.2. The molecule has 2 amide bonds. The number of carbonyl (C=O) groups excluding carboxylic acids is 2. The second kappa shape index (κ2) is 8.27. The van der Waals surface area contributed by atoms with Crippen LogP contribution in [0.4, 0.5) is 0 Å². The smallest absolute Gasteiger partial charge is 0.272 e. The van der Waals surface area contributed by atoms with Gasteiger partial charge in [0.1, 0.15) is 5.69 Å². The molecule has 0 aromatic carbocycles. The van der Waals surface area contributed by atoms with Crippen LogP contribution in [0.1, 0.15) is 76.2 Å². The quantitative estimate of drug-likeness (QED) is 0.799. The summed E-state index contributed by atoms with van der Waals surface area (Å²) in [6.07, 6.45) is 1.51. The Hall–Kier alpha value is -1.91. The van der Waals surface area contributed by atoms with Crippen LogP contribution in [0.3, 0.4) is 0 Å². The van der Waals surface area contributed by atoms with E-state index in [-0.39, 0.29) is 36.0 Å². The molecule has 0 unspecified atom stereocenters. The van der Waals surface area contributed by atoms with E-state index in [1.165, 1.54) is 6.20 Å². The number of carbonyl (C=O) groups is 2. The molecule has 0 spiro atoms. The molecular weight excluding hydrogens is 302 g/mol. The first-order valence-corrected chi connectivity index (χ1v) is 8.69. The molecule has 1 heterocycles. The fraction of sp³-hybridized carbons (Fsp3) is 0.632. The van der Waals surface area contributed by atoms with Gasteiger partial charge in [0.05, 0.1) is 5.56 Å². The van der Waals surface area contributed by atoms with Gasteiger partial charge in [0, 0.05) is 30.4 Å². The summed E-state index contributed by atoms with van der Waals surface area (Å²) in [5, 5.41) is 0. The van der Waals surface area contributed by atoms with Crippen LogP contribution in [-0.2, 0) is 0 Å². The summed E-state index contributed by atoms with van der Waals surface area (Å²) in [6.45, 7) is 15.9. The highest BCUT2D eigenvalue weighted by Crippen LogP contribution is 2.14. The Labute approximate surface area is 146 Å². The van der Waals surface area contributed by atoms with Gasteiger partial charge in [0.2, 0.25) is 0 Å². The van der Waals surface area contributed by atoms with Gasteiger partial charge in [-0.1, -0.05) is 0 Å². The molecule has 0 atom stereocenters. The van der Waals surface area contributed by atoms with E-state index < -0.39 is 0 Å². The molecule has 0 fully saturated rings. The van der Waals surface area contributed by atoms with Crippen molar-refractivity contribution < 1.29 is 9.59 Å². The van der Waals surface area contributed by atoms with E-state index in [9.17, 15) is 9.59 Å². The highest BCUT2D eigenvalue weighted by atomic mass is 16.2. The van der Waals surface area contributed by atoms with Crippen LogP contribution in [0.25, 0.3) is 0 Å². The van der Waals surface area contributed by atoms with Gasteiger partial charge in [0.15, 0.2) is 0 Å². The molecular formula is C19H31N3O2.